The molecule has 0 aromatic carbocycles. The van der Waals surface area contributed by atoms with E-state index >= 15 is 0 Å². The number of carbonyl (C=O) groups is 2. The summed E-state index contributed by atoms with van der Waals surface area (Å²) in [6.45, 7) is 7.41. The average Bonchev–Trinajstić information content (AvgIpc) is 3.51. The van der Waals surface area contributed by atoms with Crippen LogP contribution in [0.2, 0.25) is 0 Å². The first kappa shape index (κ1) is 21.2. The summed E-state index contributed by atoms with van der Waals surface area (Å²) in [5.41, 5.74) is 2.26. The Balaban J connectivity index is 1.45. The summed E-state index contributed by atoms with van der Waals surface area (Å²) >= 11 is 0. The summed E-state index contributed by atoms with van der Waals surface area (Å²) in [4.78, 5) is 47.6. The summed E-state index contributed by atoms with van der Waals surface area (Å²) < 4.78 is 1.52. The molecule has 1 N–H and O–H groups in total. The van der Waals surface area contributed by atoms with Crippen molar-refractivity contribution in [3.63, 3.8) is 0 Å². The van der Waals surface area contributed by atoms with Gasteiger partial charge in [-0.15, -0.1) is 0 Å². The van der Waals surface area contributed by atoms with Crippen molar-refractivity contribution in [2.24, 2.45) is 11.3 Å². The van der Waals surface area contributed by atoms with Crippen molar-refractivity contribution >= 4 is 17.5 Å². The average molecular weight is 440 g/mol. The van der Waals surface area contributed by atoms with Gasteiger partial charge in [-0.3, -0.25) is 19.5 Å². The number of hydrogen-bond donors (Lipinski definition) is 1. The predicted molar refractivity (Wildman–Crippen MR) is 120 cm³/mol. The first-order valence-electron chi connectivity index (χ1n) is 12.0. The number of likely N-dealkylation sites (tertiary alicyclic amines) is 1. The highest BCUT2D eigenvalue weighted by Gasteiger charge is 2.36. The topological polar surface area (TPSA) is 90.8 Å². The van der Waals surface area contributed by atoms with Gasteiger partial charge in [0, 0.05) is 36.1 Å². The Bertz CT molecular complexity index is 1120. The van der Waals surface area contributed by atoms with E-state index in [2.05, 4.69) is 5.10 Å². The van der Waals surface area contributed by atoms with Crippen molar-refractivity contribution in [3.8, 4) is 0 Å². The molecule has 2 amide bonds. The molecule has 1 unspecified atom stereocenters. The maximum Gasteiger partial charge on any atom is 0.276 e. The molecule has 5 rings (SSSR count). The van der Waals surface area contributed by atoms with Crippen LogP contribution in [0.5, 0.6) is 0 Å². The zero-order valence-corrected chi connectivity index (χ0v) is 19.3. The van der Waals surface area contributed by atoms with Gasteiger partial charge in [0.2, 0.25) is 11.8 Å². The third-order valence-electron chi connectivity index (χ3n) is 7.31. The molecule has 172 valence electrons. The Morgan fingerprint density at radius 1 is 1.09 bits per heavy atom. The molecule has 2 fully saturated rings. The highest BCUT2D eigenvalue weighted by molar-refractivity contribution is 5.82. The minimum atomic E-state index is -0.463. The standard InChI is InChI=1S/C24H33N5O3/c1-24(2,3)23(32)27-12-10-16-18(14-27)25-20-13-17(26-29(20)22(16)31)19-9-6-11-28(19)21(30)15-7-4-5-8-15/h13,15,19,26H,4-12,14H2,1-3H3. The van der Waals surface area contributed by atoms with E-state index in [-0.39, 0.29) is 29.3 Å². The summed E-state index contributed by atoms with van der Waals surface area (Å²) in [5.74, 6) is 0.492. The summed E-state index contributed by atoms with van der Waals surface area (Å²) in [5, 5.41) is 3.26. The van der Waals surface area contributed by atoms with Gasteiger partial charge in [0.1, 0.15) is 0 Å². The third-order valence-corrected chi connectivity index (χ3v) is 7.31. The van der Waals surface area contributed by atoms with Crippen LogP contribution in [0.1, 0.15) is 82.3 Å². The van der Waals surface area contributed by atoms with Gasteiger partial charge in [0.25, 0.3) is 5.56 Å². The van der Waals surface area contributed by atoms with Crippen molar-refractivity contribution in [1.29, 1.82) is 0 Å². The SMILES string of the molecule is CC(C)(C)C(=O)N1CCc2c(nc3cc(C4CCCN4C(=O)C4CCCC4)[nH]n3c2=O)C1. The Labute approximate surface area is 188 Å². The van der Waals surface area contributed by atoms with Crippen molar-refractivity contribution < 1.29 is 9.59 Å². The fourth-order valence-corrected chi connectivity index (χ4v) is 5.59. The first-order valence-corrected chi connectivity index (χ1v) is 12.0. The van der Waals surface area contributed by atoms with Crippen LogP contribution in [-0.4, -0.2) is 49.3 Å². The second-order valence-electron chi connectivity index (χ2n) is 10.6. The van der Waals surface area contributed by atoms with E-state index in [1.165, 1.54) is 4.52 Å². The highest BCUT2D eigenvalue weighted by Crippen LogP contribution is 2.36. The fourth-order valence-electron chi connectivity index (χ4n) is 5.59. The monoisotopic (exact) mass is 439 g/mol. The molecule has 2 aromatic heterocycles. The number of rotatable bonds is 2. The highest BCUT2D eigenvalue weighted by atomic mass is 16.2. The van der Waals surface area contributed by atoms with Crippen LogP contribution in [-0.2, 0) is 22.6 Å². The molecule has 0 spiro atoms. The molecule has 8 heteroatoms. The largest absolute Gasteiger partial charge is 0.336 e. The normalized spacial score (nSPS) is 22.0. The number of amides is 2. The number of aromatic amines is 1. The maximum absolute atomic E-state index is 13.2. The van der Waals surface area contributed by atoms with Crippen molar-refractivity contribution in [1.82, 2.24) is 24.4 Å². The van der Waals surface area contributed by atoms with E-state index in [1.54, 1.807) is 4.90 Å². The molecule has 2 aromatic rings. The van der Waals surface area contributed by atoms with Gasteiger partial charge in [-0.05, 0) is 32.1 Å². The third kappa shape index (κ3) is 3.53. The number of nitrogens with zero attached hydrogens (tertiary/aromatic N) is 4. The van der Waals surface area contributed by atoms with Crippen LogP contribution in [0.4, 0.5) is 0 Å². The lowest BCUT2D eigenvalue weighted by Crippen LogP contribution is -2.44. The summed E-state index contributed by atoms with van der Waals surface area (Å²) in [6.07, 6.45) is 6.64. The Kier molecular flexibility index (Phi) is 5.13. The van der Waals surface area contributed by atoms with Crippen LogP contribution < -0.4 is 5.56 Å². The van der Waals surface area contributed by atoms with Crippen LogP contribution in [0, 0.1) is 11.3 Å². The fraction of sp³-hybridized carbons (Fsp3) is 0.667. The van der Waals surface area contributed by atoms with Crippen LogP contribution in [0.25, 0.3) is 5.65 Å². The van der Waals surface area contributed by atoms with E-state index in [1.807, 2.05) is 31.7 Å². The Morgan fingerprint density at radius 2 is 1.84 bits per heavy atom. The van der Waals surface area contributed by atoms with E-state index in [4.69, 9.17) is 4.98 Å². The van der Waals surface area contributed by atoms with Gasteiger partial charge < -0.3 is 9.80 Å². The van der Waals surface area contributed by atoms with Gasteiger partial charge in [0.05, 0.1) is 24.0 Å². The zero-order chi connectivity index (χ0) is 22.6. The number of carbonyl (C=O) groups excluding carboxylic acids is 2. The van der Waals surface area contributed by atoms with Gasteiger partial charge in [0.15, 0.2) is 5.65 Å². The molecular formula is C24H33N5O3. The first-order chi connectivity index (χ1) is 15.2. The molecule has 32 heavy (non-hydrogen) atoms. The van der Waals surface area contributed by atoms with Gasteiger partial charge >= 0.3 is 0 Å². The molecule has 1 aliphatic carbocycles. The number of hydrogen-bond acceptors (Lipinski definition) is 4. The van der Waals surface area contributed by atoms with E-state index < -0.39 is 5.41 Å². The number of aromatic nitrogens is 3. The number of H-pyrrole nitrogens is 1. The van der Waals surface area contributed by atoms with Gasteiger partial charge in [-0.25, -0.2) is 9.50 Å². The van der Waals surface area contributed by atoms with E-state index in [0.29, 0.717) is 36.4 Å². The molecule has 1 saturated heterocycles. The molecule has 1 atom stereocenters. The van der Waals surface area contributed by atoms with Crippen LogP contribution in [0.3, 0.4) is 0 Å². The second-order valence-corrected chi connectivity index (χ2v) is 10.6. The van der Waals surface area contributed by atoms with Crippen molar-refractivity contribution in [2.45, 2.75) is 78.3 Å². The molecule has 0 bridgehead atoms. The number of fused-ring (bicyclic) bond motifs is 2. The lowest BCUT2D eigenvalue weighted by molar-refractivity contribution is -0.140. The van der Waals surface area contributed by atoms with E-state index in [9.17, 15) is 14.4 Å². The van der Waals surface area contributed by atoms with Crippen molar-refractivity contribution in [3.05, 3.63) is 33.4 Å². The number of nitrogens with one attached hydrogen (secondary N) is 1. The molecule has 8 nitrogen and oxygen atoms in total. The minimum absolute atomic E-state index is 0.0276. The smallest absolute Gasteiger partial charge is 0.276 e. The maximum atomic E-state index is 13.2. The lowest BCUT2D eigenvalue weighted by atomic mass is 9.93. The van der Waals surface area contributed by atoms with E-state index in [0.717, 1.165) is 50.8 Å². The molecule has 1 saturated carbocycles. The Hall–Kier alpha value is -2.64. The summed E-state index contributed by atoms with van der Waals surface area (Å²) in [6, 6.07) is 1.89. The Morgan fingerprint density at radius 3 is 2.56 bits per heavy atom. The second kappa shape index (κ2) is 7.74. The van der Waals surface area contributed by atoms with Crippen molar-refractivity contribution in [2.75, 3.05) is 13.1 Å². The lowest BCUT2D eigenvalue weighted by Gasteiger charge is -2.32. The van der Waals surface area contributed by atoms with Crippen LogP contribution in [0.15, 0.2) is 10.9 Å². The van der Waals surface area contributed by atoms with Crippen LogP contribution >= 0.6 is 0 Å². The molecule has 0 radical (unpaired) electrons. The molecular weight excluding hydrogens is 406 g/mol. The zero-order valence-electron chi connectivity index (χ0n) is 19.3. The minimum Gasteiger partial charge on any atom is -0.336 e. The summed E-state index contributed by atoms with van der Waals surface area (Å²) in [7, 11) is 0. The molecule has 4 heterocycles. The predicted octanol–water partition coefficient (Wildman–Crippen LogP) is 2.81. The van der Waals surface area contributed by atoms with Gasteiger partial charge in [-0.2, -0.15) is 0 Å². The molecule has 3 aliphatic rings. The van der Waals surface area contributed by atoms with Gasteiger partial charge in [-0.1, -0.05) is 33.6 Å². The molecule has 2 aliphatic heterocycles. The quantitative estimate of drug-likeness (QED) is 0.779.